The molecule has 0 nitrogen and oxygen atoms in total. The molecule has 0 aliphatic heterocycles. The van der Waals surface area contributed by atoms with E-state index in [-0.39, 0.29) is 0 Å². The van der Waals surface area contributed by atoms with Gasteiger partial charge in [-0.3, -0.25) is 0 Å². The van der Waals surface area contributed by atoms with E-state index < -0.39 is 8.07 Å². The molecule has 1 heteroatoms. The van der Waals surface area contributed by atoms with Crippen LogP contribution < -0.4 is 10.4 Å². The van der Waals surface area contributed by atoms with Gasteiger partial charge in [0.1, 0.15) is 0 Å². The normalized spacial score (nSPS) is 11.5. The predicted octanol–water partition coefficient (Wildman–Crippen LogP) is 11.4. The van der Waals surface area contributed by atoms with Gasteiger partial charge in [-0.05, 0) is 75.7 Å². The zero-order valence-corrected chi connectivity index (χ0v) is 28.9. The molecule has 234 valence electrons. The fourth-order valence-electron chi connectivity index (χ4n) is 7.89. The van der Waals surface area contributed by atoms with Crippen LogP contribution in [0.25, 0.3) is 65.3 Å². The highest BCUT2D eigenvalue weighted by Gasteiger charge is 2.30. The van der Waals surface area contributed by atoms with Crippen molar-refractivity contribution >= 4 is 61.5 Å². The van der Waals surface area contributed by atoms with Crippen molar-refractivity contribution in [3.05, 3.63) is 194 Å². The van der Waals surface area contributed by atoms with Crippen LogP contribution in [-0.2, 0) is 0 Å². The van der Waals surface area contributed by atoms with Gasteiger partial charge in [-0.25, -0.2) is 0 Å². The van der Waals surface area contributed by atoms with Crippen molar-refractivity contribution in [2.75, 3.05) is 0 Å². The van der Waals surface area contributed by atoms with Gasteiger partial charge in [0.2, 0.25) is 0 Å². The summed E-state index contributed by atoms with van der Waals surface area (Å²) in [5.74, 6) is 3.86. The number of hydrogen-bond acceptors (Lipinski definition) is 0. The van der Waals surface area contributed by atoms with E-state index in [9.17, 15) is 0 Å². The summed E-state index contributed by atoms with van der Waals surface area (Å²) in [5, 5.41) is 12.5. The van der Waals surface area contributed by atoms with Crippen molar-refractivity contribution in [2.45, 2.75) is 6.55 Å². The van der Waals surface area contributed by atoms with Gasteiger partial charge in [-0.1, -0.05) is 201 Å². The predicted molar refractivity (Wildman–Crippen MR) is 218 cm³/mol. The molecule has 0 N–H and O–H groups in total. The molecule has 0 aliphatic rings. The molecule has 0 unspecified atom stereocenters. The largest absolute Gasteiger partial charge is 0.196 e. The topological polar surface area (TPSA) is 0 Å². The first kappa shape index (κ1) is 29.9. The van der Waals surface area contributed by atoms with Crippen molar-refractivity contribution in [1.29, 1.82) is 0 Å². The van der Waals surface area contributed by atoms with Gasteiger partial charge in [0.05, 0.1) is 0 Å². The van der Waals surface area contributed by atoms with Crippen LogP contribution in [0.4, 0.5) is 0 Å². The Kier molecular flexibility index (Phi) is 7.39. The van der Waals surface area contributed by atoms with Crippen LogP contribution in [0.2, 0.25) is 6.55 Å². The molecule has 0 fully saturated rings. The molecule has 0 aromatic heterocycles. The zero-order valence-electron chi connectivity index (χ0n) is 27.9. The summed E-state index contributed by atoms with van der Waals surface area (Å²) >= 11 is 0. The summed E-state index contributed by atoms with van der Waals surface area (Å²) in [6, 6.07) is 68.3. The minimum absolute atomic E-state index is 1.10. The van der Waals surface area contributed by atoms with E-state index in [0.29, 0.717) is 0 Å². The first-order chi connectivity index (χ1) is 24.7. The van der Waals surface area contributed by atoms with Crippen molar-refractivity contribution in [3.63, 3.8) is 0 Å². The molecule has 0 saturated carbocycles. The Hall–Kier alpha value is -6.20. The van der Waals surface area contributed by atoms with E-state index in [4.69, 9.17) is 0 Å². The van der Waals surface area contributed by atoms with Crippen molar-refractivity contribution < 1.29 is 0 Å². The summed E-state index contributed by atoms with van der Waals surface area (Å²) in [4.78, 5) is 0. The number of rotatable bonds is 4. The van der Waals surface area contributed by atoms with Crippen molar-refractivity contribution in [2.24, 2.45) is 0 Å². The minimum atomic E-state index is -2.41. The highest BCUT2D eigenvalue weighted by atomic mass is 28.3. The maximum absolute atomic E-state index is 3.96. The molecular formula is C49H34Si. The second-order valence-corrected chi connectivity index (χ2v) is 16.8. The molecule has 0 bridgehead atoms. The van der Waals surface area contributed by atoms with E-state index in [1.54, 1.807) is 0 Å². The first-order valence-electron chi connectivity index (χ1n) is 17.3. The summed E-state index contributed by atoms with van der Waals surface area (Å²) in [7, 11) is -2.41. The number of hydrogen-bond donors (Lipinski definition) is 0. The standard InChI is InChI=1S/C49H34Si/c1-50(36-21-7-3-8-22-36,37-23-9-4-10-24-37)34-33-40-38-25-11-13-27-41(38)48(42-28-14-12-26-39(40)42)49-45-31-17-15-29-43(45)47(35-19-5-2-6-20-35)44-30-16-18-32-46(44)49/h2-32H,1H3. The van der Waals surface area contributed by atoms with Gasteiger partial charge in [0, 0.05) is 5.56 Å². The zero-order chi connectivity index (χ0) is 33.5. The Morgan fingerprint density at radius 2 is 0.620 bits per heavy atom. The third-order valence-electron chi connectivity index (χ3n) is 10.3. The summed E-state index contributed by atoms with van der Waals surface area (Å²) < 4.78 is 0. The molecule has 9 rings (SSSR count). The highest BCUT2D eigenvalue weighted by Crippen LogP contribution is 2.48. The third kappa shape index (κ3) is 4.85. The molecule has 0 amide bonds. The van der Waals surface area contributed by atoms with E-state index in [2.05, 4.69) is 206 Å². The maximum atomic E-state index is 3.96. The van der Waals surface area contributed by atoms with Gasteiger partial charge >= 0.3 is 0 Å². The molecule has 9 aromatic rings. The van der Waals surface area contributed by atoms with Crippen LogP contribution >= 0.6 is 0 Å². The lowest BCUT2D eigenvalue weighted by Crippen LogP contribution is -2.54. The van der Waals surface area contributed by atoms with Crippen LogP contribution in [0.3, 0.4) is 0 Å². The molecule has 0 spiro atoms. The average Bonchev–Trinajstić information content (AvgIpc) is 3.19. The van der Waals surface area contributed by atoms with Crippen LogP contribution in [0.1, 0.15) is 5.56 Å². The minimum Gasteiger partial charge on any atom is -0.115 e. The van der Waals surface area contributed by atoms with Gasteiger partial charge in [0.15, 0.2) is 8.07 Å². The lowest BCUT2D eigenvalue weighted by atomic mass is 9.82. The molecular weight excluding hydrogens is 617 g/mol. The smallest absolute Gasteiger partial charge is 0.115 e. The molecule has 0 aliphatic carbocycles. The molecule has 50 heavy (non-hydrogen) atoms. The van der Waals surface area contributed by atoms with Crippen LogP contribution in [0, 0.1) is 11.5 Å². The Bertz CT molecular complexity index is 2600. The highest BCUT2D eigenvalue weighted by molar-refractivity contribution is 7.07. The molecule has 0 radical (unpaired) electrons. The maximum Gasteiger partial charge on any atom is 0.196 e. The lowest BCUT2D eigenvalue weighted by molar-refractivity contribution is 1.67. The van der Waals surface area contributed by atoms with Crippen molar-refractivity contribution in [1.82, 2.24) is 0 Å². The Morgan fingerprint density at radius 1 is 0.320 bits per heavy atom. The molecule has 9 aromatic carbocycles. The fraction of sp³-hybridized carbons (Fsp3) is 0.0204. The Labute approximate surface area is 294 Å². The summed E-state index contributed by atoms with van der Waals surface area (Å²) in [6.07, 6.45) is 0. The lowest BCUT2D eigenvalue weighted by Gasteiger charge is -2.23. The first-order valence-corrected chi connectivity index (χ1v) is 19.8. The quantitative estimate of drug-likeness (QED) is 0.101. The van der Waals surface area contributed by atoms with Crippen LogP contribution in [-0.4, -0.2) is 8.07 Å². The van der Waals surface area contributed by atoms with Crippen molar-refractivity contribution in [3.8, 4) is 33.7 Å². The molecule has 0 heterocycles. The van der Waals surface area contributed by atoms with Crippen LogP contribution in [0.5, 0.6) is 0 Å². The fourth-order valence-corrected chi connectivity index (χ4v) is 10.6. The van der Waals surface area contributed by atoms with Gasteiger partial charge in [-0.15, -0.1) is 5.54 Å². The van der Waals surface area contributed by atoms with E-state index in [1.807, 2.05) is 0 Å². The Morgan fingerprint density at radius 3 is 1.02 bits per heavy atom. The average molecular weight is 651 g/mol. The van der Waals surface area contributed by atoms with E-state index in [0.717, 1.165) is 5.56 Å². The van der Waals surface area contributed by atoms with Gasteiger partial charge in [-0.2, -0.15) is 0 Å². The number of fused-ring (bicyclic) bond motifs is 4. The molecule has 0 atom stereocenters. The SMILES string of the molecule is C[Si](C#Cc1c2ccccc2c(-c2c3ccccc3c(-c3ccccc3)c3ccccc23)c2ccccc12)(c1ccccc1)c1ccccc1. The van der Waals surface area contributed by atoms with Gasteiger partial charge in [0.25, 0.3) is 0 Å². The summed E-state index contributed by atoms with van der Waals surface area (Å²) in [6.45, 7) is 2.38. The molecule has 0 saturated heterocycles. The third-order valence-corrected chi connectivity index (χ3v) is 13.9. The monoisotopic (exact) mass is 650 g/mol. The number of benzene rings is 9. The summed E-state index contributed by atoms with van der Waals surface area (Å²) in [5.41, 5.74) is 10.1. The van der Waals surface area contributed by atoms with Gasteiger partial charge < -0.3 is 0 Å². The second-order valence-electron chi connectivity index (χ2n) is 13.2. The van der Waals surface area contributed by atoms with E-state index in [1.165, 1.54) is 75.7 Å². The van der Waals surface area contributed by atoms with E-state index >= 15 is 0 Å². The second kappa shape index (κ2) is 12.4. The Balaban J connectivity index is 1.39. The van der Waals surface area contributed by atoms with Crippen LogP contribution in [0.15, 0.2) is 188 Å².